The number of hydrogen-bond donors (Lipinski definition) is 1. The fourth-order valence-corrected chi connectivity index (χ4v) is 3.42. The van der Waals surface area contributed by atoms with Crippen LogP contribution >= 0.6 is 0 Å². The number of carbonyl (C=O) groups excluding carboxylic acids is 1. The van der Waals surface area contributed by atoms with E-state index in [-0.39, 0.29) is 0 Å². The number of benzene rings is 1. The summed E-state index contributed by atoms with van der Waals surface area (Å²) in [6.45, 7) is 4.70. The highest BCUT2D eigenvalue weighted by Gasteiger charge is 2.19. The Kier molecular flexibility index (Phi) is 4.50. The van der Waals surface area contributed by atoms with Crippen molar-refractivity contribution in [3.8, 4) is 0 Å². The lowest BCUT2D eigenvalue weighted by Gasteiger charge is -2.35. The number of nitrogens with two attached hydrogens (primary N) is 1. The predicted molar refractivity (Wildman–Crippen MR) is 102 cm³/mol. The fourth-order valence-electron chi connectivity index (χ4n) is 3.42. The third kappa shape index (κ3) is 3.36. The third-order valence-corrected chi connectivity index (χ3v) is 4.89. The van der Waals surface area contributed by atoms with E-state index in [9.17, 15) is 4.79 Å². The molecule has 1 aliphatic heterocycles. The average Bonchev–Trinajstić information content (AvgIpc) is 2.69. The third-order valence-electron chi connectivity index (χ3n) is 4.89. The molecule has 26 heavy (non-hydrogen) atoms. The Balaban J connectivity index is 1.41. The lowest BCUT2D eigenvalue weighted by Crippen LogP contribution is -2.46. The molecule has 1 aromatic carbocycles. The van der Waals surface area contributed by atoms with E-state index in [0.29, 0.717) is 5.56 Å². The van der Waals surface area contributed by atoms with Crippen molar-refractivity contribution in [3.63, 3.8) is 0 Å². The zero-order chi connectivity index (χ0) is 17.9. The minimum Gasteiger partial charge on any atom is -0.366 e. The van der Waals surface area contributed by atoms with Crippen LogP contribution in [0.5, 0.6) is 0 Å². The standard InChI is InChI=1S/C20H21N5O/c21-20(26)16-4-5-19(23-13-16)25-10-8-24(9-11-25)14-17-3-1-2-15-12-22-7-6-18(15)17/h1-7,12-13H,8-11,14H2,(H2,21,26). The molecule has 0 radical (unpaired) electrons. The minimum absolute atomic E-state index is 0.442. The Morgan fingerprint density at radius 2 is 1.88 bits per heavy atom. The first-order valence-electron chi connectivity index (χ1n) is 8.75. The summed E-state index contributed by atoms with van der Waals surface area (Å²) in [5.74, 6) is 0.449. The molecule has 6 nitrogen and oxygen atoms in total. The SMILES string of the molecule is NC(=O)c1ccc(N2CCN(Cc3cccc4cnccc34)CC2)nc1. The molecular weight excluding hydrogens is 326 g/mol. The first kappa shape index (κ1) is 16.5. The van der Waals surface area contributed by atoms with Gasteiger partial charge >= 0.3 is 0 Å². The number of primary amides is 1. The number of rotatable bonds is 4. The molecule has 0 bridgehead atoms. The highest BCUT2D eigenvalue weighted by molar-refractivity contribution is 5.92. The molecule has 2 aromatic heterocycles. The van der Waals surface area contributed by atoms with Crippen molar-refractivity contribution in [2.45, 2.75) is 6.54 Å². The summed E-state index contributed by atoms with van der Waals surface area (Å²) in [6.07, 6.45) is 5.32. The molecule has 3 aromatic rings. The summed E-state index contributed by atoms with van der Waals surface area (Å²) < 4.78 is 0. The lowest BCUT2D eigenvalue weighted by atomic mass is 10.1. The van der Waals surface area contributed by atoms with Crippen molar-refractivity contribution in [2.75, 3.05) is 31.1 Å². The van der Waals surface area contributed by atoms with E-state index in [1.807, 2.05) is 18.5 Å². The van der Waals surface area contributed by atoms with Gasteiger partial charge in [0.05, 0.1) is 5.56 Å². The van der Waals surface area contributed by atoms with E-state index in [0.717, 1.165) is 38.5 Å². The molecule has 0 spiro atoms. The van der Waals surface area contributed by atoms with Crippen molar-refractivity contribution in [1.29, 1.82) is 0 Å². The lowest BCUT2D eigenvalue weighted by molar-refractivity contribution is 0.1000. The van der Waals surface area contributed by atoms with Gasteiger partial charge in [-0.3, -0.25) is 14.7 Å². The Hall–Kier alpha value is -2.99. The molecule has 1 saturated heterocycles. The number of anilines is 1. The minimum atomic E-state index is -0.445. The van der Waals surface area contributed by atoms with Crippen molar-refractivity contribution >= 4 is 22.5 Å². The Labute approximate surface area is 152 Å². The van der Waals surface area contributed by atoms with Gasteiger partial charge in [-0.1, -0.05) is 18.2 Å². The fraction of sp³-hybridized carbons (Fsp3) is 0.250. The summed E-state index contributed by atoms with van der Waals surface area (Å²) in [4.78, 5) is 24.4. The van der Waals surface area contributed by atoms with Crippen LogP contribution in [0.2, 0.25) is 0 Å². The van der Waals surface area contributed by atoms with Gasteiger partial charge < -0.3 is 10.6 Å². The molecular formula is C20H21N5O. The van der Waals surface area contributed by atoms with E-state index in [1.54, 1.807) is 12.3 Å². The summed E-state index contributed by atoms with van der Waals surface area (Å²) in [6, 6.07) is 12.1. The van der Waals surface area contributed by atoms with Crippen molar-refractivity contribution in [3.05, 3.63) is 66.1 Å². The Morgan fingerprint density at radius 3 is 2.62 bits per heavy atom. The monoisotopic (exact) mass is 347 g/mol. The highest BCUT2D eigenvalue weighted by atomic mass is 16.1. The van der Waals surface area contributed by atoms with Gasteiger partial charge in [0.1, 0.15) is 5.82 Å². The van der Waals surface area contributed by atoms with E-state index >= 15 is 0 Å². The van der Waals surface area contributed by atoms with Crippen molar-refractivity contribution in [2.24, 2.45) is 5.73 Å². The zero-order valence-corrected chi connectivity index (χ0v) is 14.5. The molecule has 3 heterocycles. The van der Waals surface area contributed by atoms with Gasteiger partial charge in [0.2, 0.25) is 5.91 Å². The Morgan fingerprint density at radius 1 is 1.04 bits per heavy atom. The number of amides is 1. The molecule has 6 heteroatoms. The number of fused-ring (bicyclic) bond motifs is 1. The summed E-state index contributed by atoms with van der Waals surface area (Å²) in [5, 5.41) is 2.45. The van der Waals surface area contributed by atoms with Crippen LogP contribution in [0.3, 0.4) is 0 Å². The number of pyridine rings is 2. The maximum Gasteiger partial charge on any atom is 0.250 e. The maximum absolute atomic E-state index is 11.2. The van der Waals surface area contributed by atoms with Gasteiger partial charge in [-0.25, -0.2) is 4.98 Å². The van der Waals surface area contributed by atoms with E-state index in [4.69, 9.17) is 5.73 Å². The molecule has 0 unspecified atom stereocenters. The van der Waals surface area contributed by atoms with Crippen LogP contribution in [0.4, 0.5) is 5.82 Å². The van der Waals surface area contributed by atoms with Crippen LogP contribution in [0.1, 0.15) is 15.9 Å². The predicted octanol–water partition coefficient (Wildman–Crippen LogP) is 2.05. The molecule has 0 atom stereocenters. The van der Waals surface area contributed by atoms with E-state index in [2.05, 4.69) is 44.0 Å². The quantitative estimate of drug-likeness (QED) is 0.782. The Bertz CT molecular complexity index is 912. The number of nitrogens with zero attached hydrogens (tertiary/aromatic N) is 4. The highest BCUT2D eigenvalue weighted by Crippen LogP contribution is 2.21. The van der Waals surface area contributed by atoms with Gasteiger partial charge in [-0.05, 0) is 29.1 Å². The van der Waals surface area contributed by atoms with Crippen molar-refractivity contribution < 1.29 is 4.79 Å². The van der Waals surface area contributed by atoms with Crippen LogP contribution in [-0.2, 0) is 6.54 Å². The second-order valence-corrected chi connectivity index (χ2v) is 6.55. The van der Waals surface area contributed by atoms with Gasteiger partial charge in [0.25, 0.3) is 0 Å². The summed E-state index contributed by atoms with van der Waals surface area (Å²) in [5.41, 5.74) is 7.05. The zero-order valence-electron chi connectivity index (χ0n) is 14.5. The second-order valence-electron chi connectivity index (χ2n) is 6.55. The first-order chi connectivity index (χ1) is 12.7. The van der Waals surface area contributed by atoms with E-state index < -0.39 is 5.91 Å². The van der Waals surface area contributed by atoms with Crippen molar-refractivity contribution in [1.82, 2.24) is 14.9 Å². The number of piperazine rings is 1. The molecule has 1 aliphatic rings. The van der Waals surface area contributed by atoms with Crippen LogP contribution in [0, 0.1) is 0 Å². The maximum atomic E-state index is 11.2. The number of carbonyl (C=O) groups is 1. The number of hydrogen-bond acceptors (Lipinski definition) is 5. The molecule has 1 fully saturated rings. The second kappa shape index (κ2) is 7.09. The van der Waals surface area contributed by atoms with Crippen LogP contribution < -0.4 is 10.6 Å². The van der Waals surface area contributed by atoms with Gasteiger partial charge in [-0.2, -0.15) is 0 Å². The molecule has 4 rings (SSSR count). The van der Waals surface area contributed by atoms with Crippen LogP contribution in [0.15, 0.2) is 55.0 Å². The normalized spacial score (nSPS) is 15.3. The van der Waals surface area contributed by atoms with E-state index in [1.165, 1.54) is 16.3 Å². The largest absolute Gasteiger partial charge is 0.366 e. The summed E-state index contributed by atoms with van der Waals surface area (Å²) in [7, 11) is 0. The van der Waals surface area contributed by atoms with Crippen LogP contribution in [0.25, 0.3) is 10.8 Å². The van der Waals surface area contributed by atoms with Gasteiger partial charge in [0, 0.05) is 56.7 Å². The van der Waals surface area contributed by atoms with Gasteiger partial charge in [-0.15, -0.1) is 0 Å². The molecule has 2 N–H and O–H groups in total. The van der Waals surface area contributed by atoms with Crippen LogP contribution in [-0.4, -0.2) is 47.0 Å². The molecule has 0 aliphatic carbocycles. The van der Waals surface area contributed by atoms with Gasteiger partial charge in [0.15, 0.2) is 0 Å². The first-order valence-corrected chi connectivity index (χ1v) is 8.75. The smallest absolute Gasteiger partial charge is 0.250 e. The number of aromatic nitrogens is 2. The molecule has 132 valence electrons. The topological polar surface area (TPSA) is 75.4 Å². The molecule has 0 saturated carbocycles. The molecule has 1 amide bonds. The average molecular weight is 347 g/mol. The summed E-state index contributed by atoms with van der Waals surface area (Å²) >= 11 is 0.